The lowest BCUT2D eigenvalue weighted by Gasteiger charge is -2.41. The van der Waals surface area contributed by atoms with E-state index in [1.54, 1.807) is 12.1 Å². The Morgan fingerprint density at radius 2 is 1.86 bits per heavy atom. The highest BCUT2D eigenvalue weighted by molar-refractivity contribution is 7.99. The standard InChI is InChI=1S/C21H26Cl2N2O2S/c22-18-10-16-15(4-5-20(26)17(16)11-19(18)23)21(27)25-8-9-28-13-14(25)12-24-6-2-1-3-7-24/h10-11,14-15H,1-9,12-13H2. The van der Waals surface area contributed by atoms with Crippen molar-refractivity contribution in [3.8, 4) is 0 Å². The minimum Gasteiger partial charge on any atom is -0.336 e. The van der Waals surface area contributed by atoms with Crippen LogP contribution >= 0.6 is 35.0 Å². The Labute approximate surface area is 180 Å². The zero-order valence-electron chi connectivity index (χ0n) is 16.0. The molecule has 4 nitrogen and oxygen atoms in total. The summed E-state index contributed by atoms with van der Waals surface area (Å²) in [6.07, 6.45) is 4.77. The Morgan fingerprint density at radius 3 is 2.64 bits per heavy atom. The van der Waals surface area contributed by atoms with Gasteiger partial charge in [0.15, 0.2) is 5.78 Å². The maximum Gasteiger partial charge on any atom is 0.230 e. The molecule has 28 heavy (non-hydrogen) atoms. The van der Waals surface area contributed by atoms with Crippen molar-refractivity contribution in [3.05, 3.63) is 33.3 Å². The maximum atomic E-state index is 13.6. The summed E-state index contributed by atoms with van der Waals surface area (Å²) in [5.41, 5.74) is 1.32. The average Bonchev–Trinajstić information content (AvgIpc) is 2.71. The number of rotatable bonds is 3. The third kappa shape index (κ3) is 4.23. The molecule has 2 unspecified atom stereocenters. The number of piperidine rings is 1. The molecule has 1 aromatic rings. The second-order valence-electron chi connectivity index (χ2n) is 7.99. The number of carbonyl (C=O) groups is 2. The Hall–Kier alpha value is -0.750. The molecule has 152 valence electrons. The second-order valence-corrected chi connectivity index (χ2v) is 9.95. The van der Waals surface area contributed by atoms with Crippen LogP contribution in [0.15, 0.2) is 12.1 Å². The fourth-order valence-corrected chi connectivity index (χ4v) is 6.04. The number of hydrogen-bond acceptors (Lipinski definition) is 4. The number of ketones is 1. The molecule has 0 N–H and O–H groups in total. The van der Waals surface area contributed by atoms with Crippen LogP contribution in [0.5, 0.6) is 0 Å². The third-order valence-electron chi connectivity index (χ3n) is 6.15. The van der Waals surface area contributed by atoms with Crippen molar-refractivity contribution in [1.29, 1.82) is 0 Å². The minimum absolute atomic E-state index is 0.0525. The molecule has 1 aliphatic carbocycles. The van der Waals surface area contributed by atoms with Gasteiger partial charge in [-0.15, -0.1) is 0 Å². The fraction of sp³-hybridized carbons (Fsp3) is 0.619. The third-order valence-corrected chi connectivity index (χ3v) is 7.97. The first kappa shape index (κ1) is 20.5. The highest BCUT2D eigenvalue weighted by Gasteiger charge is 2.37. The van der Waals surface area contributed by atoms with E-state index in [0.717, 1.165) is 43.2 Å². The van der Waals surface area contributed by atoms with Crippen LogP contribution in [0.2, 0.25) is 10.0 Å². The van der Waals surface area contributed by atoms with Crippen LogP contribution in [-0.4, -0.2) is 65.2 Å². The van der Waals surface area contributed by atoms with Gasteiger partial charge in [0.05, 0.1) is 22.0 Å². The molecular formula is C21H26Cl2N2O2S. The van der Waals surface area contributed by atoms with Gasteiger partial charge in [0.25, 0.3) is 0 Å². The zero-order valence-corrected chi connectivity index (χ0v) is 18.3. The number of carbonyl (C=O) groups excluding carboxylic acids is 2. The molecule has 1 aromatic carbocycles. The molecular weight excluding hydrogens is 415 g/mol. The van der Waals surface area contributed by atoms with E-state index in [1.807, 2.05) is 11.8 Å². The van der Waals surface area contributed by atoms with Crippen molar-refractivity contribution >= 4 is 46.7 Å². The predicted octanol–water partition coefficient (Wildman–Crippen LogP) is 4.48. The quantitative estimate of drug-likeness (QED) is 0.694. The number of thioether (sulfide) groups is 1. The number of benzene rings is 1. The van der Waals surface area contributed by atoms with E-state index in [2.05, 4.69) is 9.80 Å². The van der Waals surface area contributed by atoms with Crippen molar-refractivity contribution in [2.75, 3.05) is 37.7 Å². The number of fused-ring (bicyclic) bond motifs is 1. The zero-order chi connectivity index (χ0) is 19.7. The van der Waals surface area contributed by atoms with Crippen molar-refractivity contribution in [2.24, 2.45) is 0 Å². The van der Waals surface area contributed by atoms with Gasteiger partial charge in [-0.3, -0.25) is 9.59 Å². The SMILES string of the molecule is O=C1CCC(C(=O)N2CCSCC2CN2CCCCC2)c2cc(Cl)c(Cl)cc21. The highest BCUT2D eigenvalue weighted by Crippen LogP contribution is 2.38. The van der Waals surface area contributed by atoms with Gasteiger partial charge in [-0.2, -0.15) is 11.8 Å². The van der Waals surface area contributed by atoms with Crippen LogP contribution in [0, 0.1) is 0 Å². The first-order valence-corrected chi connectivity index (χ1v) is 12.1. The Kier molecular flexibility index (Phi) is 6.56. The molecule has 0 spiro atoms. The van der Waals surface area contributed by atoms with Crippen LogP contribution in [0.4, 0.5) is 0 Å². The number of halogens is 2. The van der Waals surface area contributed by atoms with Crippen LogP contribution < -0.4 is 0 Å². The number of Topliss-reactive ketones (excluding diaryl/α,β-unsaturated/α-hetero) is 1. The summed E-state index contributed by atoms with van der Waals surface area (Å²) in [4.78, 5) is 30.6. The molecule has 0 bridgehead atoms. The molecule has 2 heterocycles. The summed E-state index contributed by atoms with van der Waals surface area (Å²) in [7, 11) is 0. The van der Waals surface area contributed by atoms with Crippen LogP contribution in [0.3, 0.4) is 0 Å². The van der Waals surface area contributed by atoms with Gasteiger partial charge in [-0.25, -0.2) is 0 Å². The van der Waals surface area contributed by atoms with Crippen LogP contribution in [0.1, 0.15) is 53.9 Å². The molecule has 0 aromatic heterocycles. The molecule has 7 heteroatoms. The summed E-state index contributed by atoms with van der Waals surface area (Å²) in [5, 5.41) is 0.784. The molecule has 0 radical (unpaired) electrons. The molecule has 2 fully saturated rings. The number of nitrogens with zero attached hydrogens (tertiary/aromatic N) is 2. The predicted molar refractivity (Wildman–Crippen MR) is 116 cm³/mol. The molecule has 0 saturated carbocycles. The molecule has 2 saturated heterocycles. The van der Waals surface area contributed by atoms with Crippen LogP contribution in [-0.2, 0) is 4.79 Å². The number of hydrogen-bond donors (Lipinski definition) is 0. The van der Waals surface area contributed by atoms with Gasteiger partial charge >= 0.3 is 0 Å². The molecule has 2 atom stereocenters. The lowest BCUT2D eigenvalue weighted by Crippen LogP contribution is -2.53. The van der Waals surface area contributed by atoms with E-state index >= 15 is 0 Å². The average molecular weight is 441 g/mol. The lowest BCUT2D eigenvalue weighted by molar-refractivity contribution is -0.135. The fourth-order valence-electron chi connectivity index (χ4n) is 4.65. The molecule has 3 aliphatic rings. The summed E-state index contributed by atoms with van der Waals surface area (Å²) in [5.74, 6) is 1.87. The number of amides is 1. The second kappa shape index (κ2) is 8.95. The monoisotopic (exact) mass is 440 g/mol. The lowest BCUT2D eigenvalue weighted by atomic mass is 9.81. The summed E-state index contributed by atoms with van der Waals surface area (Å²) < 4.78 is 0. The summed E-state index contributed by atoms with van der Waals surface area (Å²) in [6.45, 7) is 4.01. The van der Waals surface area contributed by atoms with Crippen molar-refractivity contribution in [3.63, 3.8) is 0 Å². The Morgan fingerprint density at radius 1 is 1.11 bits per heavy atom. The molecule has 1 amide bonds. The van der Waals surface area contributed by atoms with E-state index in [9.17, 15) is 9.59 Å². The van der Waals surface area contributed by atoms with Crippen molar-refractivity contribution < 1.29 is 9.59 Å². The molecule has 4 rings (SSSR count). The van der Waals surface area contributed by atoms with E-state index < -0.39 is 0 Å². The number of likely N-dealkylation sites (tertiary alicyclic amines) is 1. The van der Waals surface area contributed by atoms with Crippen molar-refractivity contribution in [2.45, 2.75) is 44.1 Å². The van der Waals surface area contributed by atoms with Gasteiger partial charge < -0.3 is 9.80 Å². The van der Waals surface area contributed by atoms with Gasteiger partial charge in [0.1, 0.15) is 0 Å². The van der Waals surface area contributed by atoms with Crippen LogP contribution in [0.25, 0.3) is 0 Å². The van der Waals surface area contributed by atoms with Gasteiger partial charge in [0, 0.05) is 36.6 Å². The van der Waals surface area contributed by atoms with Crippen molar-refractivity contribution in [1.82, 2.24) is 9.80 Å². The normalized spacial score (nSPS) is 26.2. The van der Waals surface area contributed by atoms with E-state index in [1.165, 1.54) is 19.3 Å². The maximum absolute atomic E-state index is 13.6. The summed E-state index contributed by atoms with van der Waals surface area (Å²) in [6, 6.07) is 3.61. The summed E-state index contributed by atoms with van der Waals surface area (Å²) >= 11 is 14.3. The smallest absolute Gasteiger partial charge is 0.230 e. The topological polar surface area (TPSA) is 40.6 Å². The first-order chi connectivity index (χ1) is 13.5. The van der Waals surface area contributed by atoms with Gasteiger partial charge in [-0.1, -0.05) is 29.6 Å². The Bertz CT molecular complexity index is 767. The van der Waals surface area contributed by atoms with E-state index in [0.29, 0.717) is 28.5 Å². The van der Waals surface area contributed by atoms with E-state index in [4.69, 9.17) is 23.2 Å². The minimum atomic E-state index is -0.297. The highest BCUT2D eigenvalue weighted by atomic mass is 35.5. The largest absolute Gasteiger partial charge is 0.336 e. The molecule has 2 aliphatic heterocycles. The van der Waals surface area contributed by atoms with E-state index in [-0.39, 0.29) is 23.7 Å². The Balaban J connectivity index is 1.56. The van der Waals surface area contributed by atoms with Gasteiger partial charge in [-0.05, 0) is 50.0 Å². The first-order valence-electron chi connectivity index (χ1n) is 10.2. The van der Waals surface area contributed by atoms with Gasteiger partial charge in [0.2, 0.25) is 5.91 Å².